The molecule has 0 spiro atoms. The number of rotatable bonds is 4. The summed E-state index contributed by atoms with van der Waals surface area (Å²) < 4.78 is 5.57. The van der Waals surface area contributed by atoms with Gasteiger partial charge in [-0.1, -0.05) is 26.7 Å². The van der Waals surface area contributed by atoms with Crippen LogP contribution in [-0.4, -0.2) is 36.5 Å². The van der Waals surface area contributed by atoms with Crippen LogP contribution in [0.5, 0.6) is 0 Å². The van der Waals surface area contributed by atoms with Gasteiger partial charge in [0, 0.05) is 19.7 Å². The van der Waals surface area contributed by atoms with Gasteiger partial charge in [0.15, 0.2) is 0 Å². The fourth-order valence-electron chi connectivity index (χ4n) is 3.50. The Kier molecular flexibility index (Phi) is 4.91. The van der Waals surface area contributed by atoms with Gasteiger partial charge in [-0.05, 0) is 43.9 Å². The van der Waals surface area contributed by atoms with Gasteiger partial charge in [0.05, 0.1) is 11.7 Å². The van der Waals surface area contributed by atoms with Gasteiger partial charge in [-0.3, -0.25) is 0 Å². The molecule has 0 saturated heterocycles. The minimum absolute atomic E-state index is 0.331. The average molecular weight is 269 g/mol. The van der Waals surface area contributed by atoms with Crippen LogP contribution in [0, 0.1) is 5.41 Å². The van der Waals surface area contributed by atoms with Gasteiger partial charge >= 0.3 is 0 Å². The van der Waals surface area contributed by atoms with Crippen LogP contribution in [-0.2, 0) is 4.74 Å². The molecule has 0 amide bonds. The molecule has 2 rings (SSSR count). The molecule has 0 aliphatic heterocycles. The first-order valence-corrected chi connectivity index (χ1v) is 7.93. The molecule has 112 valence electrons. The van der Waals surface area contributed by atoms with Gasteiger partial charge in [-0.15, -0.1) is 0 Å². The van der Waals surface area contributed by atoms with Crippen LogP contribution in [0.4, 0.5) is 0 Å². The molecule has 2 atom stereocenters. The van der Waals surface area contributed by atoms with Gasteiger partial charge in [-0.2, -0.15) is 0 Å². The molecule has 0 bridgehead atoms. The molecule has 2 aliphatic rings. The third-order valence-corrected chi connectivity index (χ3v) is 5.23. The summed E-state index contributed by atoms with van der Waals surface area (Å²) in [5.41, 5.74) is -0.0859. The first-order chi connectivity index (χ1) is 8.94. The fourth-order valence-corrected chi connectivity index (χ4v) is 3.50. The number of aliphatic hydroxyl groups is 1. The molecule has 3 heteroatoms. The predicted molar refractivity (Wildman–Crippen MR) is 78.3 cm³/mol. The normalized spacial score (nSPS) is 34.1. The Labute approximate surface area is 118 Å². The van der Waals surface area contributed by atoms with Gasteiger partial charge < -0.3 is 15.2 Å². The van der Waals surface area contributed by atoms with E-state index in [0.29, 0.717) is 17.6 Å². The summed E-state index contributed by atoms with van der Waals surface area (Å²) >= 11 is 0. The summed E-state index contributed by atoms with van der Waals surface area (Å²) in [5.74, 6) is 0. The van der Waals surface area contributed by atoms with Crippen molar-refractivity contribution in [2.24, 2.45) is 5.41 Å². The van der Waals surface area contributed by atoms with E-state index in [1.54, 1.807) is 0 Å². The van der Waals surface area contributed by atoms with E-state index in [9.17, 15) is 5.11 Å². The molecule has 2 saturated carbocycles. The summed E-state index contributed by atoms with van der Waals surface area (Å²) in [4.78, 5) is 0. The van der Waals surface area contributed by atoms with E-state index in [1.165, 1.54) is 19.3 Å². The second-order valence-corrected chi connectivity index (χ2v) is 7.43. The lowest BCUT2D eigenvalue weighted by atomic mass is 9.71. The van der Waals surface area contributed by atoms with Crippen LogP contribution >= 0.6 is 0 Å². The van der Waals surface area contributed by atoms with Crippen molar-refractivity contribution in [2.75, 3.05) is 13.7 Å². The maximum atomic E-state index is 10.7. The van der Waals surface area contributed by atoms with Crippen LogP contribution in [0.2, 0.25) is 0 Å². The summed E-state index contributed by atoms with van der Waals surface area (Å²) in [7, 11) is 1.81. The van der Waals surface area contributed by atoms with Gasteiger partial charge in [-0.25, -0.2) is 0 Å². The van der Waals surface area contributed by atoms with E-state index in [4.69, 9.17) is 4.74 Å². The van der Waals surface area contributed by atoms with Crippen LogP contribution in [0.1, 0.15) is 65.2 Å². The Morgan fingerprint density at radius 3 is 2.37 bits per heavy atom. The highest BCUT2D eigenvalue weighted by Crippen LogP contribution is 2.40. The van der Waals surface area contributed by atoms with Crippen molar-refractivity contribution in [2.45, 2.75) is 83.0 Å². The third kappa shape index (κ3) is 4.17. The van der Waals surface area contributed by atoms with Crippen molar-refractivity contribution < 1.29 is 9.84 Å². The van der Waals surface area contributed by atoms with Crippen LogP contribution in [0.25, 0.3) is 0 Å². The SMILES string of the molecule is COC1CCCCC1NCC1(O)CCC(C)(C)CC1. The topological polar surface area (TPSA) is 41.5 Å². The van der Waals surface area contributed by atoms with E-state index < -0.39 is 5.60 Å². The van der Waals surface area contributed by atoms with E-state index in [-0.39, 0.29) is 0 Å². The molecule has 2 N–H and O–H groups in total. The van der Waals surface area contributed by atoms with E-state index in [1.807, 2.05) is 7.11 Å². The van der Waals surface area contributed by atoms with Crippen molar-refractivity contribution in [3.8, 4) is 0 Å². The molecule has 2 fully saturated rings. The summed E-state index contributed by atoms with van der Waals surface area (Å²) in [6.07, 6.45) is 9.33. The molecule has 3 nitrogen and oxygen atoms in total. The quantitative estimate of drug-likeness (QED) is 0.824. The molecular weight excluding hydrogens is 238 g/mol. The lowest BCUT2D eigenvalue weighted by Crippen LogP contribution is -2.51. The Morgan fingerprint density at radius 2 is 1.74 bits per heavy atom. The predicted octanol–water partition coefficient (Wildman–Crippen LogP) is 2.86. The standard InChI is InChI=1S/C16H31NO2/c1-15(2)8-10-16(18,11-9-15)12-17-13-6-4-5-7-14(13)19-3/h13-14,17-18H,4-12H2,1-3H3. The summed E-state index contributed by atoms with van der Waals surface area (Å²) in [5, 5.41) is 14.3. The van der Waals surface area contributed by atoms with Crippen molar-refractivity contribution in [3.05, 3.63) is 0 Å². The molecule has 0 aromatic carbocycles. The Balaban J connectivity index is 1.81. The lowest BCUT2D eigenvalue weighted by molar-refractivity contribution is -0.0342. The van der Waals surface area contributed by atoms with Gasteiger partial charge in [0.25, 0.3) is 0 Å². The fraction of sp³-hybridized carbons (Fsp3) is 1.00. The maximum absolute atomic E-state index is 10.7. The molecule has 0 radical (unpaired) electrons. The molecule has 0 aromatic heterocycles. The Morgan fingerprint density at radius 1 is 1.11 bits per heavy atom. The highest BCUT2D eigenvalue weighted by molar-refractivity contribution is 4.92. The molecule has 0 heterocycles. The van der Waals surface area contributed by atoms with Crippen LogP contribution < -0.4 is 5.32 Å². The Hall–Kier alpha value is -0.120. The zero-order chi connectivity index (χ0) is 13.9. The van der Waals surface area contributed by atoms with E-state index in [0.717, 1.165) is 38.6 Å². The minimum Gasteiger partial charge on any atom is -0.389 e. The highest BCUT2D eigenvalue weighted by Gasteiger charge is 2.37. The summed E-state index contributed by atoms with van der Waals surface area (Å²) in [6.45, 7) is 5.35. The zero-order valence-electron chi connectivity index (χ0n) is 12.9. The summed E-state index contributed by atoms with van der Waals surface area (Å²) in [6, 6.07) is 0.428. The van der Waals surface area contributed by atoms with Gasteiger partial charge in [0.2, 0.25) is 0 Å². The maximum Gasteiger partial charge on any atom is 0.0772 e. The monoisotopic (exact) mass is 269 g/mol. The number of hydrogen-bond acceptors (Lipinski definition) is 3. The number of ether oxygens (including phenoxy) is 1. The van der Waals surface area contributed by atoms with Crippen LogP contribution in [0.15, 0.2) is 0 Å². The molecule has 0 aromatic rings. The second kappa shape index (κ2) is 6.11. The third-order valence-electron chi connectivity index (χ3n) is 5.23. The highest BCUT2D eigenvalue weighted by atomic mass is 16.5. The van der Waals surface area contributed by atoms with Crippen molar-refractivity contribution >= 4 is 0 Å². The largest absolute Gasteiger partial charge is 0.389 e. The molecule has 2 aliphatic carbocycles. The molecule has 2 unspecified atom stereocenters. The smallest absolute Gasteiger partial charge is 0.0772 e. The number of nitrogens with one attached hydrogen (secondary N) is 1. The van der Waals surface area contributed by atoms with Gasteiger partial charge in [0.1, 0.15) is 0 Å². The minimum atomic E-state index is -0.495. The zero-order valence-corrected chi connectivity index (χ0v) is 12.9. The first-order valence-electron chi connectivity index (χ1n) is 7.93. The molecule has 19 heavy (non-hydrogen) atoms. The Bertz CT molecular complexity index is 280. The van der Waals surface area contributed by atoms with Crippen molar-refractivity contribution in [1.29, 1.82) is 0 Å². The second-order valence-electron chi connectivity index (χ2n) is 7.43. The lowest BCUT2D eigenvalue weighted by Gasteiger charge is -2.42. The van der Waals surface area contributed by atoms with E-state index in [2.05, 4.69) is 19.2 Å². The average Bonchev–Trinajstić information content (AvgIpc) is 2.41. The molecular formula is C16H31NO2. The number of methoxy groups -OCH3 is 1. The van der Waals surface area contributed by atoms with E-state index >= 15 is 0 Å². The number of hydrogen-bond donors (Lipinski definition) is 2. The van der Waals surface area contributed by atoms with Crippen LogP contribution in [0.3, 0.4) is 0 Å². The van der Waals surface area contributed by atoms with Crippen molar-refractivity contribution in [1.82, 2.24) is 5.32 Å². The first kappa shape index (κ1) is 15.3. The van der Waals surface area contributed by atoms with Crippen molar-refractivity contribution in [3.63, 3.8) is 0 Å².